The van der Waals surface area contributed by atoms with E-state index in [9.17, 15) is 9.59 Å². The molecule has 0 saturated carbocycles. The van der Waals surface area contributed by atoms with E-state index in [1.54, 1.807) is 12.1 Å². The van der Waals surface area contributed by atoms with Crippen molar-refractivity contribution in [1.82, 2.24) is 19.7 Å². The predicted octanol–water partition coefficient (Wildman–Crippen LogP) is 3.13. The lowest BCUT2D eigenvalue weighted by Crippen LogP contribution is -2.28. The number of aryl methyl sites for hydroxylation is 1. The van der Waals surface area contributed by atoms with Crippen LogP contribution in [0.25, 0.3) is 22.8 Å². The monoisotopic (exact) mass is 454 g/mol. The van der Waals surface area contributed by atoms with Crippen LogP contribution in [0.2, 0.25) is 0 Å². The number of rotatable bonds is 5. The minimum atomic E-state index is -0.583. The van der Waals surface area contributed by atoms with Crippen molar-refractivity contribution < 1.29 is 9.26 Å². The Balaban J connectivity index is 1.63. The Kier molecular flexibility index (Phi) is 5.13. The van der Waals surface area contributed by atoms with Crippen LogP contribution < -0.4 is 16.0 Å². The van der Waals surface area contributed by atoms with Gasteiger partial charge in [0.25, 0.3) is 11.4 Å². The first kappa shape index (κ1) is 18.9. The smallest absolute Gasteiger partial charge is 0.328 e. The molecule has 0 fully saturated rings. The van der Waals surface area contributed by atoms with Crippen molar-refractivity contribution in [1.29, 1.82) is 0 Å². The Labute approximate surface area is 172 Å². The van der Waals surface area contributed by atoms with Crippen LogP contribution in [0.1, 0.15) is 5.56 Å². The molecular formula is C20H15BrN4O4. The number of hydrogen-bond acceptors (Lipinski definition) is 6. The van der Waals surface area contributed by atoms with Crippen molar-refractivity contribution in [3.05, 3.63) is 85.6 Å². The maximum atomic E-state index is 12.1. The van der Waals surface area contributed by atoms with E-state index in [0.29, 0.717) is 17.9 Å². The molecule has 8 nitrogen and oxygen atoms in total. The average molecular weight is 455 g/mol. The molecule has 0 amide bonds. The fourth-order valence-electron chi connectivity index (χ4n) is 2.68. The highest BCUT2D eigenvalue weighted by atomic mass is 79.9. The fraction of sp³-hybridized carbons (Fsp3) is 0.100. The molecule has 1 N–H and O–H groups in total. The maximum absolute atomic E-state index is 12.1. The molecule has 9 heteroatoms. The number of aromatic nitrogens is 4. The van der Waals surface area contributed by atoms with E-state index >= 15 is 0 Å². The van der Waals surface area contributed by atoms with Crippen molar-refractivity contribution in [3.8, 4) is 28.6 Å². The van der Waals surface area contributed by atoms with Gasteiger partial charge in [-0.3, -0.25) is 9.78 Å². The van der Waals surface area contributed by atoms with Gasteiger partial charge >= 0.3 is 5.69 Å². The largest absolute Gasteiger partial charge is 0.488 e. The van der Waals surface area contributed by atoms with Gasteiger partial charge in [0.2, 0.25) is 5.82 Å². The highest BCUT2D eigenvalue weighted by Gasteiger charge is 2.17. The quantitative estimate of drug-likeness (QED) is 0.496. The first-order valence-electron chi connectivity index (χ1n) is 8.62. The van der Waals surface area contributed by atoms with Gasteiger partial charge in [-0.15, -0.1) is 0 Å². The van der Waals surface area contributed by atoms with Crippen LogP contribution in [0.3, 0.4) is 0 Å². The molecule has 0 spiro atoms. The molecule has 0 aliphatic heterocycles. The molecular weight excluding hydrogens is 440 g/mol. The van der Waals surface area contributed by atoms with E-state index in [2.05, 4.69) is 31.1 Å². The number of para-hydroxylation sites is 1. The summed E-state index contributed by atoms with van der Waals surface area (Å²) in [6.07, 6.45) is 1.37. The normalized spacial score (nSPS) is 10.8. The molecule has 0 aliphatic carbocycles. The summed E-state index contributed by atoms with van der Waals surface area (Å²) < 4.78 is 13.5. The highest BCUT2D eigenvalue weighted by molar-refractivity contribution is 9.10. The third-order valence-electron chi connectivity index (χ3n) is 4.20. The molecule has 146 valence electrons. The van der Waals surface area contributed by atoms with Crippen molar-refractivity contribution in [3.63, 3.8) is 0 Å². The van der Waals surface area contributed by atoms with Crippen LogP contribution in [0.5, 0.6) is 5.75 Å². The zero-order valence-electron chi connectivity index (χ0n) is 15.3. The van der Waals surface area contributed by atoms with Crippen LogP contribution in [0.15, 0.2) is 73.3 Å². The van der Waals surface area contributed by atoms with Crippen LogP contribution in [-0.2, 0) is 13.7 Å². The SMILES string of the molecule is Cn1cc(-c2noc(-c3ccccc3OCc3ccc(Br)cc3)n2)c(=O)[nH]c1=O. The molecule has 4 rings (SSSR count). The maximum Gasteiger partial charge on any atom is 0.328 e. The predicted molar refractivity (Wildman–Crippen MR) is 110 cm³/mol. The lowest BCUT2D eigenvalue weighted by Gasteiger charge is -2.09. The molecule has 0 bridgehead atoms. The Morgan fingerprint density at radius 2 is 1.86 bits per heavy atom. The number of nitrogens with zero attached hydrogens (tertiary/aromatic N) is 3. The first-order valence-corrected chi connectivity index (χ1v) is 9.41. The van der Waals surface area contributed by atoms with Crippen molar-refractivity contribution >= 4 is 15.9 Å². The Hall–Kier alpha value is -3.46. The van der Waals surface area contributed by atoms with Crippen molar-refractivity contribution in [2.75, 3.05) is 0 Å². The molecule has 0 atom stereocenters. The average Bonchev–Trinajstić information content (AvgIpc) is 3.20. The number of benzene rings is 2. The molecule has 0 radical (unpaired) electrons. The molecule has 0 aliphatic rings. The van der Waals surface area contributed by atoms with Crippen LogP contribution >= 0.6 is 15.9 Å². The molecule has 2 heterocycles. The molecule has 2 aromatic carbocycles. The van der Waals surface area contributed by atoms with Gasteiger partial charge in [0.15, 0.2) is 0 Å². The van der Waals surface area contributed by atoms with E-state index in [0.717, 1.165) is 10.0 Å². The molecule has 0 saturated heterocycles. The zero-order valence-corrected chi connectivity index (χ0v) is 16.8. The summed E-state index contributed by atoms with van der Waals surface area (Å²) in [5.41, 5.74) is 0.639. The standard InChI is InChI=1S/C20H15BrN4O4/c1-25-10-15(18(26)23-20(25)27)17-22-19(29-24-17)14-4-2-3-5-16(14)28-11-12-6-8-13(21)9-7-12/h2-10H,11H2,1H3,(H,23,26,27). The van der Waals surface area contributed by atoms with Gasteiger partial charge < -0.3 is 13.8 Å². The number of hydrogen-bond donors (Lipinski definition) is 1. The molecule has 4 aromatic rings. The van der Waals surface area contributed by atoms with Gasteiger partial charge in [-0.25, -0.2) is 4.79 Å². The van der Waals surface area contributed by atoms with E-state index in [4.69, 9.17) is 9.26 Å². The van der Waals surface area contributed by atoms with Gasteiger partial charge in [-0.1, -0.05) is 45.4 Å². The number of H-pyrrole nitrogens is 1. The summed E-state index contributed by atoms with van der Waals surface area (Å²) in [4.78, 5) is 30.1. The first-order chi connectivity index (χ1) is 14.0. The summed E-state index contributed by atoms with van der Waals surface area (Å²) in [5.74, 6) is 0.860. The lowest BCUT2D eigenvalue weighted by molar-refractivity contribution is 0.306. The Morgan fingerprint density at radius 1 is 1.10 bits per heavy atom. The topological polar surface area (TPSA) is 103 Å². The fourth-order valence-corrected chi connectivity index (χ4v) is 2.94. The highest BCUT2D eigenvalue weighted by Crippen LogP contribution is 2.30. The minimum Gasteiger partial charge on any atom is -0.488 e. The molecule has 2 aromatic heterocycles. The van der Waals surface area contributed by atoms with E-state index < -0.39 is 11.2 Å². The van der Waals surface area contributed by atoms with Crippen LogP contribution in [0, 0.1) is 0 Å². The Bertz CT molecular complexity index is 1270. The van der Waals surface area contributed by atoms with E-state index in [1.807, 2.05) is 36.4 Å². The number of ether oxygens (including phenoxy) is 1. The summed E-state index contributed by atoms with van der Waals surface area (Å²) >= 11 is 3.41. The van der Waals surface area contributed by atoms with Gasteiger partial charge in [0, 0.05) is 17.7 Å². The number of nitrogens with one attached hydrogen (secondary N) is 1. The van der Waals surface area contributed by atoms with Crippen molar-refractivity contribution in [2.24, 2.45) is 7.05 Å². The van der Waals surface area contributed by atoms with E-state index in [1.165, 1.54) is 17.8 Å². The summed E-state index contributed by atoms with van der Waals surface area (Å²) in [6, 6.07) is 15.1. The minimum absolute atomic E-state index is 0.0829. The van der Waals surface area contributed by atoms with E-state index in [-0.39, 0.29) is 17.3 Å². The second kappa shape index (κ2) is 7.88. The van der Waals surface area contributed by atoms with Gasteiger partial charge in [-0.05, 0) is 29.8 Å². The van der Waals surface area contributed by atoms with Crippen LogP contribution in [0.4, 0.5) is 0 Å². The summed E-state index contributed by atoms with van der Waals surface area (Å²) in [6.45, 7) is 0.367. The number of aromatic amines is 1. The van der Waals surface area contributed by atoms with Crippen LogP contribution in [-0.4, -0.2) is 19.7 Å². The van der Waals surface area contributed by atoms with Gasteiger partial charge in [-0.2, -0.15) is 4.98 Å². The summed E-state index contributed by atoms with van der Waals surface area (Å²) in [7, 11) is 1.52. The summed E-state index contributed by atoms with van der Waals surface area (Å²) in [5, 5.41) is 3.88. The Morgan fingerprint density at radius 3 is 2.66 bits per heavy atom. The van der Waals surface area contributed by atoms with Gasteiger partial charge in [0.1, 0.15) is 17.9 Å². The lowest BCUT2D eigenvalue weighted by atomic mass is 10.2. The molecule has 29 heavy (non-hydrogen) atoms. The van der Waals surface area contributed by atoms with Gasteiger partial charge in [0.05, 0.1) is 5.56 Å². The third kappa shape index (κ3) is 4.04. The second-order valence-corrected chi connectivity index (χ2v) is 7.16. The zero-order chi connectivity index (χ0) is 20.4. The third-order valence-corrected chi connectivity index (χ3v) is 4.73. The second-order valence-electron chi connectivity index (χ2n) is 6.25. The molecule has 0 unspecified atom stereocenters. The van der Waals surface area contributed by atoms with Crippen molar-refractivity contribution in [2.45, 2.75) is 6.61 Å². The number of halogens is 1.